The van der Waals surface area contributed by atoms with Crippen molar-refractivity contribution in [3.8, 4) is 6.07 Å². The lowest BCUT2D eigenvalue weighted by Gasteiger charge is -2.34. The van der Waals surface area contributed by atoms with Gasteiger partial charge in [-0.05, 0) is 5.56 Å². The Balaban J connectivity index is 1.63. The minimum Gasteiger partial charge on any atom is -0.370 e. The maximum atomic E-state index is 8.79. The highest BCUT2D eigenvalue weighted by atomic mass is 16.5. The van der Waals surface area contributed by atoms with Gasteiger partial charge in [0.1, 0.15) is 18.2 Å². The van der Waals surface area contributed by atoms with Crippen molar-refractivity contribution < 1.29 is 4.74 Å². The Morgan fingerprint density at radius 1 is 1.24 bits per heavy atom. The zero-order valence-corrected chi connectivity index (χ0v) is 13.7. The van der Waals surface area contributed by atoms with E-state index < -0.39 is 0 Å². The molecule has 2 aromatic heterocycles. The van der Waals surface area contributed by atoms with Crippen molar-refractivity contribution in [1.29, 1.82) is 5.26 Å². The van der Waals surface area contributed by atoms with E-state index in [0.29, 0.717) is 19.6 Å². The van der Waals surface area contributed by atoms with Gasteiger partial charge in [-0.15, -0.1) is 0 Å². The molecule has 3 aromatic rings. The summed E-state index contributed by atoms with van der Waals surface area (Å²) in [5.74, 6) is 0.873. The third-order valence-corrected chi connectivity index (χ3v) is 4.39. The summed E-state index contributed by atoms with van der Waals surface area (Å²) in [5.41, 5.74) is 1.94. The second kappa shape index (κ2) is 6.87. The van der Waals surface area contributed by atoms with Gasteiger partial charge in [0.2, 0.25) is 0 Å². The molecular weight excluding hydrogens is 316 g/mol. The Morgan fingerprint density at radius 2 is 2.12 bits per heavy atom. The van der Waals surface area contributed by atoms with Crippen LogP contribution in [-0.2, 0) is 11.3 Å². The Kier molecular flexibility index (Phi) is 4.27. The summed E-state index contributed by atoms with van der Waals surface area (Å²) in [4.78, 5) is 11.1. The smallest absolute Gasteiger partial charge is 0.163 e. The largest absolute Gasteiger partial charge is 0.370 e. The first-order valence-corrected chi connectivity index (χ1v) is 8.32. The summed E-state index contributed by atoms with van der Waals surface area (Å²) in [7, 11) is 0. The number of benzene rings is 1. The van der Waals surface area contributed by atoms with Gasteiger partial charge in [0.05, 0.1) is 37.2 Å². The lowest BCUT2D eigenvalue weighted by molar-refractivity contribution is 0.0396. The van der Waals surface area contributed by atoms with Crippen molar-refractivity contribution in [2.45, 2.75) is 19.1 Å². The van der Waals surface area contributed by atoms with Gasteiger partial charge in [0.25, 0.3) is 0 Å². The number of nitrogens with zero attached hydrogens (tertiary/aromatic N) is 6. The second-order valence-electron chi connectivity index (χ2n) is 5.93. The standard InChI is InChI=1S/C18H18N6O/c19-7-4-8-24-18-15(11-22-24)17(20-13-21-18)23-9-10-25-16(12-23)14-5-2-1-3-6-14/h1-3,5-6,11,13,16H,4,8-10,12H2/t16-/m0/s1. The van der Waals surface area contributed by atoms with Crippen LogP contribution in [0, 0.1) is 11.3 Å². The molecule has 0 N–H and O–H groups in total. The van der Waals surface area contributed by atoms with Crippen LogP contribution in [0.25, 0.3) is 11.0 Å². The molecule has 0 spiro atoms. The fraction of sp³-hybridized carbons (Fsp3) is 0.333. The summed E-state index contributed by atoms with van der Waals surface area (Å²) in [6.07, 6.45) is 3.78. The van der Waals surface area contributed by atoms with Crippen LogP contribution in [0.2, 0.25) is 0 Å². The van der Waals surface area contributed by atoms with Gasteiger partial charge in [0.15, 0.2) is 5.65 Å². The molecule has 126 valence electrons. The van der Waals surface area contributed by atoms with Crippen LogP contribution in [0.15, 0.2) is 42.9 Å². The fourth-order valence-corrected chi connectivity index (χ4v) is 3.16. The lowest BCUT2D eigenvalue weighted by Crippen LogP contribution is -2.39. The normalized spacial score (nSPS) is 17.6. The van der Waals surface area contributed by atoms with Crippen LogP contribution in [0.5, 0.6) is 0 Å². The van der Waals surface area contributed by atoms with Gasteiger partial charge >= 0.3 is 0 Å². The Bertz CT molecular complexity index is 901. The topological polar surface area (TPSA) is 79.9 Å². The van der Waals surface area contributed by atoms with E-state index in [1.807, 2.05) is 18.2 Å². The molecule has 0 bridgehead atoms. The third-order valence-electron chi connectivity index (χ3n) is 4.39. The molecule has 4 rings (SSSR count). The van der Waals surface area contributed by atoms with Crippen molar-refractivity contribution >= 4 is 16.9 Å². The number of nitriles is 1. The predicted molar refractivity (Wildman–Crippen MR) is 92.9 cm³/mol. The zero-order chi connectivity index (χ0) is 17.1. The van der Waals surface area contributed by atoms with Gasteiger partial charge in [-0.2, -0.15) is 10.4 Å². The molecule has 0 unspecified atom stereocenters. The van der Waals surface area contributed by atoms with E-state index in [1.165, 1.54) is 5.56 Å². The van der Waals surface area contributed by atoms with Gasteiger partial charge in [0, 0.05) is 13.1 Å². The van der Waals surface area contributed by atoms with E-state index in [0.717, 1.165) is 29.9 Å². The van der Waals surface area contributed by atoms with Crippen LogP contribution in [0.4, 0.5) is 5.82 Å². The Hall–Kier alpha value is -2.98. The monoisotopic (exact) mass is 334 g/mol. The lowest BCUT2D eigenvalue weighted by atomic mass is 10.1. The molecule has 7 heteroatoms. The molecule has 7 nitrogen and oxygen atoms in total. The predicted octanol–water partition coefficient (Wildman–Crippen LogP) is 2.32. The van der Waals surface area contributed by atoms with Gasteiger partial charge < -0.3 is 9.64 Å². The molecule has 25 heavy (non-hydrogen) atoms. The minimum atomic E-state index is 0.0219. The highest BCUT2D eigenvalue weighted by Gasteiger charge is 2.25. The SMILES string of the molecule is N#CCCn1ncc2c(N3CCO[C@H](c4ccccc4)C3)ncnc21. The number of hydrogen-bond acceptors (Lipinski definition) is 6. The van der Waals surface area contributed by atoms with Crippen LogP contribution < -0.4 is 4.90 Å². The summed E-state index contributed by atoms with van der Waals surface area (Å²) in [5, 5.41) is 14.1. The molecular formula is C18H18N6O. The summed E-state index contributed by atoms with van der Waals surface area (Å²) in [6, 6.07) is 12.4. The molecule has 0 radical (unpaired) electrons. The maximum absolute atomic E-state index is 8.79. The minimum absolute atomic E-state index is 0.0219. The average Bonchev–Trinajstić information content (AvgIpc) is 3.10. The first-order valence-electron chi connectivity index (χ1n) is 8.32. The van der Waals surface area contributed by atoms with Crippen LogP contribution in [0.3, 0.4) is 0 Å². The second-order valence-corrected chi connectivity index (χ2v) is 5.93. The van der Waals surface area contributed by atoms with Crippen LogP contribution in [-0.4, -0.2) is 39.4 Å². The number of hydrogen-bond donors (Lipinski definition) is 0. The molecule has 1 fully saturated rings. The zero-order valence-electron chi connectivity index (χ0n) is 13.7. The quantitative estimate of drug-likeness (QED) is 0.728. The fourth-order valence-electron chi connectivity index (χ4n) is 3.16. The van der Waals surface area contributed by atoms with E-state index in [-0.39, 0.29) is 6.10 Å². The van der Waals surface area contributed by atoms with E-state index >= 15 is 0 Å². The Morgan fingerprint density at radius 3 is 2.96 bits per heavy atom. The highest BCUT2D eigenvalue weighted by molar-refractivity contribution is 5.86. The average molecular weight is 334 g/mol. The van der Waals surface area contributed by atoms with Crippen LogP contribution in [0.1, 0.15) is 18.1 Å². The number of anilines is 1. The number of rotatable bonds is 4. The van der Waals surface area contributed by atoms with Gasteiger partial charge in [-0.3, -0.25) is 0 Å². The molecule has 0 saturated carbocycles. The number of ether oxygens (including phenoxy) is 1. The first kappa shape index (κ1) is 15.5. The van der Waals surface area contributed by atoms with Crippen molar-refractivity contribution in [2.24, 2.45) is 0 Å². The number of fused-ring (bicyclic) bond motifs is 1. The third kappa shape index (κ3) is 3.04. The molecule has 1 aliphatic heterocycles. The van der Waals surface area contributed by atoms with Gasteiger partial charge in [-0.1, -0.05) is 30.3 Å². The molecule has 1 atom stereocenters. The van der Waals surface area contributed by atoms with Crippen molar-refractivity contribution in [3.05, 3.63) is 48.4 Å². The summed E-state index contributed by atoms with van der Waals surface area (Å²) >= 11 is 0. The van der Waals surface area contributed by atoms with E-state index in [4.69, 9.17) is 10.00 Å². The number of aromatic nitrogens is 4. The van der Waals surface area contributed by atoms with E-state index in [9.17, 15) is 0 Å². The van der Waals surface area contributed by atoms with Crippen molar-refractivity contribution in [1.82, 2.24) is 19.7 Å². The maximum Gasteiger partial charge on any atom is 0.163 e. The molecule has 0 aliphatic carbocycles. The van der Waals surface area contributed by atoms with Crippen LogP contribution >= 0.6 is 0 Å². The number of aryl methyl sites for hydroxylation is 1. The van der Waals surface area contributed by atoms with Crippen molar-refractivity contribution in [2.75, 3.05) is 24.6 Å². The molecule has 3 heterocycles. The summed E-state index contributed by atoms with van der Waals surface area (Å²) < 4.78 is 7.71. The highest BCUT2D eigenvalue weighted by Crippen LogP contribution is 2.28. The number of morpholine rings is 1. The van der Waals surface area contributed by atoms with Crippen molar-refractivity contribution in [3.63, 3.8) is 0 Å². The molecule has 1 aromatic carbocycles. The Labute approximate surface area is 145 Å². The van der Waals surface area contributed by atoms with E-state index in [2.05, 4.69) is 38.2 Å². The molecule has 1 aliphatic rings. The van der Waals surface area contributed by atoms with E-state index in [1.54, 1.807) is 17.2 Å². The first-order chi connectivity index (χ1) is 12.4. The molecule has 0 amide bonds. The summed E-state index contributed by atoms with van der Waals surface area (Å²) in [6.45, 7) is 2.69. The molecule has 1 saturated heterocycles. The van der Waals surface area contributed by atoms with Gasteiger partial charge in [-0.25, -0.2) is 14.6 Å².